The Bertz CT molecular complexity index is 1250. The van der Waals surface area contributed by atoms with Crippen LogP contribution in [0.2, 0.25) is 0 Å². The number of amides is 3. The molecule has 2 aromatic carbocycles. The molecule has 1 aromatic heterocycles. The van der Waals surface area contributed by atoms with Crippen LogP contribution in [-0.2, 0) is 4.79 Å². The number of hydrogen-bond acceptors (Lipinski definition) is 6. The number of benzene rings is 2. The van der Waals surface area contributed by atoms with Gasteiger partial charge in [0.25, 0.3) is 17.7 Å². The molecule has 0 saturated heterocycles. The molecule has 0 aliphatic carbocycles. The first-order valence-corrected chi connectivity index (χ1v) is 11.2. The number of ether oxygens (including phenoxy) is 1. The Balaban J connectivity index is 1.45. The van der Waals surface area contributed by atoms with Crippen molar-refractivity contribution >= 4 is 34.7 Å². The maximum atomic E-state index is 13.0. The largest absolute Gasteiger partial charge is 0.479 e. The van der Waals surface area contributed by atoms with Crippen LogP contribution >= 0.6 is 11.3 Å². The van der Waals surface area contributed by atoms with Crippen molar-refractivity contribution in [2.75, 3.05) is 18.0 Å². The van der Waals surface area contributed by atoms with Crippen LogP contribution in [0.25, 0.3) is 11.3 Å². The lowest BCUT2D eigenvalue weighted by Crippen LogP contribution is -2.48. The number of carbonyl (C=O) groups excluding carboxylic acids is 3. The molecule has 2 aliphatic rings. The first kappa shape index (κ1) is 20.4. The van der Waals surface area contributed by atoms with Crippen molar-refractivity contribution in [3.63, 3.8) is 0 Å². The predicted molar refractivity (Wildman–Crippen MR) is 121 cm³/mol. The maximum absolute atomic E-state index is 13.0. The van der Waals surface area contributed by atoms with Gasteiger partial charge >= 0.3 is 0 Å². The summed E-state index contributed by atoms with van der Waals surface area (Å²) in [4.78, 5) is 46.9. The lowest BCUT2D eigenvalue weighted by molar-refractivity contribution is -0.125. The van der Waals surface area contributed by atoms with Gasteiger partial charge in [-0.3, -0.25) is 19.3 Å². The van der Waals surface area contributed by atoms with Crippen LogP contribution in [0.15, 0.2) is 42.5 Å². The smallest absolute Gasteiger partial charge is 0.267 e. The van der Waals surface area contributed by atoms with E-state index in [-0.39, 0.29) is 30.8 Å². The highest BCUT2D eigenvalue weighted by atomic mass is 32.1. The normalized spacial score (nSPS) is 17.5. The number of thiazole rings is 1. The molecule has 3 aromatic rings. The quantitative estimate of drug-likeness (QED) is 0.568. The summed E-state index contributed by atoms with van der Waals surface area (Å²) in [6.45, 7) is 5.96. The van der Waals surface area contributed by atoms with Gasteiger partial charge in [0.2, 0.25) is 0 Å². The number of hydrogen-bond donors (Lipinski definition) is 0. The number of aryl methyl sites for hydroxylation is 2. The summed E-state index contributed by atoms with van der Waals surface area (Å²) in [7, 11) is 0. The van der Waals surface area contributed by atoms with Crippen molar-refractivity contribution in [1.82, 2.24) is 9.88 Å². The molecule has 0 radical (unpaired) electrons. The summed E-state index contributed by atoms with van der Waals surface area (Å²) in [5.74, 6) is -0.283. The van der Waals surface area contributed by atoms with Crippen LogP contribution in [0.3, 0.4) is 0 Å². The number of imide groups is 1. The van der Waals surface area contributed by atoms with Crippen molar-refractivity contribution in [3.05, 3.63) is 63.5 Å². The molecule has 0 fully saturated rings. The van der Waals surface area contributed by atoms with E-state index in [1.807, 2.05) is 32.0 Å². The van der Waals surface area contributed by atoms with Crippen LogP contribution in [0.1, 0.15) is 37.5 Å². The summed E-state index contributed by atoms with van der Waals surface area (Å²) in [6.07, 6.45) is -0.654. The minimum absolute atomic E-state index is 0.101. The summed E-state index contributed by atoms with van der Waals surface area (Å²) in [5.41, 5.74) is 3.18. The molecule has 32 heavy (non-hydrogen) atoms. The zero-order valence-corrected chi connectivity index (χ0v) is 18.7. The second-order valence-electron chi connectivity index (χ2n) is 7.88. The average molecular weight is 448 g/mol. The van der Waals surface area contributed by atoms with Crippen molar-refractivity contribution in [2.24, 2.45) is 0 Å². The highest BCUT2D eigenvalue weighted by molar-refractivity contribution is 7.11. The fourth-order valence-electron chi connectivity index (χ4n) is 4.22. The zero-order valence-electron chi connectivity index (χ0n) is 17.9. The fraction of sp³-hybridized carbons (Fsp3) is 0.250. The number of nitrogens with zero attached hydrogens (tertiary/aromatic N) is 3. The number of rotatable bonds is 4. The number of carbonyl (C=O) groups is 3. The van der Waals surface area contributed by atoms with E-state index in [0.29, 0.717) is 22.6 Å². The van der Waals surface area contributed by atoms with E-state index in [1.54, 1.807) is 47.4 Å². The Labute approximate surface area is 189 Å². The van der Waals surface area contributed by atoms with Crippen molar-refractivity contribution in [1.29, 1.82) is 0 Å². The fourth-order valence-corrected chi connectivity index (χ4v) is 5.06. The molecular formula is C24H21N3O4S. The second kappa shape index (κ2) is 7.56. The number of aromatic nitrogens is 1. The van der Waals surface area contributed by atoms with E-state index >= 15 is 0 Å². The molecule has 162 valence electrons. The van der Waals surface area contributed by atoms with Gasteiger partial charge in [-0.05, 0) is 51.1 Å². The molecular weight excluding hydrogens is 426 g/mol. The van der Waals surface area contributed by atoms with Crippen LogP contribution in [-0.4, -0.2) is 46.8 Å². The Morgan fingerprint density at radius 3 is 2.25 bits per heavy atom. The molecule has 8 heteroatoms. The number of anilines is 1. The SMILES string of the molecule is Cc1nc(-c2ccc3c(c2)N(CCN2C(=O)c4ccccc4C2=O)C(=O)C(C)O3)c(C)s1. The van der Waals surface area contributed by atoms with Gasteiger partial charge in [-0.1, -0.05) is 12.1 Å². The minimum Gasteiger partial charge on any atom is -0.479 e. The summed E-state index contributed by atoms with van der Waals surface area (Å²) in [5, 5.41) is 0.971. The highest BCUT2D eigenvalue weighted by Gasteiger charge is 2.37. The third kappa shape index (κ3) is 3.18. The van der Waals surface area contributed by atoms with Gasteiger partial charge in [-0.2, -0.15) is 0 Å². The van der Waals surface area contributed by atoms with E-state index in [1.165, 1.54) is 4.90 Å². The van der Waals surface area contributed by atoms with Crippen LogP contribution < -0.4 is 9.64 Å². The molecule has 2 aliphatic heterocycles. The standard InChI is InChI=1S/C24H21N3O4S/c1-13-22(28)26(10-11-27-23(29)17-6-4-5-7-18(17)24(27)30)19-12-16(8-9-20(19)31-13)21-14(2)32-15(3)25-21/h4-9,12-13H,10-11H2,1-3H3. The van der Waals surface area contributed by atoms with Gasteiger partial charge in [0.05, 0.1) is 27.5 Å². The summed E-state index contributed by atoms with van der Waals surface area (Å²) in [6, 6.07) is 12.4. The topological polar surface area (TPSA) is 79.8 Å². The number of fused-ring (bicyclic) bond motifs is 2. The summed E-state index contributed by atoms with van der Waals surface area (Å²) >= 11 is 1.62. The molecule has 3 amide bonds. The second-order valence-corrected chi connectivity index (χ2v) is 9.28. The zero-order chi connectivity index (χ0) is 22.6. The van der Waals surface area contributed by atoms with Crippen LogP contribution in [0.4, 0.5) is 5.69 Å². The molecule has 0 bridgehead atoms. The van der Waals surface area contributed by atoms with E-state index in [9.17, 15) is 14.4 Å². The Kier molecular flexibility index (Phi) is 4.82. The van der Waals surface area contributed by atoms with Crippen molar-refractivity contribution < 1.29 is 19.1 Å². The molecule has 7 nitrogen and oxygen atoms in total. The van der Waals surface area contributed by atoms with E-state index in [2.05, 4.69) is 4.98 Å². The Hall–Kier alpha value is -3.52. The van der Waals surface area contributed by atoms with Gasteiger partial charge in [-0.15, -0.1) is 11.3 Å². The van der Waals surface area contributed by atoms with E-state index < -0.39 is 6.10 Å². The lowest BCUT2D eigenvalue weighted by Gasteiger charge is -2.34. The first-order chi connectivity index (χ1) is 15.3. The van der Waals surface area contributed by atoms with Gasteiger partial charge < -0.3 is 9.64 Å². The monoisotopic (exact) mass is 447 g/mol. The third-order valence-electron chi connectivity index (χ3n) is 5.77. The molecule has 0 spiro atoms. The van der Waals surface area contributed by atoms with Crippen LogP contribution in [0.5, 0.6) is 5.75 Å². The van der Waals surface area contributed by atoms with Gasteiger partial charge in [0.15, 0.2) is 6.10 Å². The van der Waals surface area contributed by atoms with Crippen molar-refractivity contribution in [3.8, 4) is 17.0 Å². The van der Waals surface area contributed by atoms with Crippen molar-refractivity contribution in [2.45, 2.75) is 26.9 Å². The highest BCUT2D eigenvalue weighted by Crippen LogP contribution is 2.39. The molecule has 1 atom stereocenters. The Morgan fingerprint density at radius 1 is 0.969 bits per heavy atom. The third-order valence-corrected chi connectivity index (χ3v) is 6.66. The molecule has 0 N–H and O–H groups in total. The Morgan fingerprint density at radius 2 is 1.62 bits per heavy atom. The van der Waals surface area contributed by atoms with E-state index in [4.69, 9.17) is 4.74 Å². The lowest BCUT2D eigenvalue weighted by atomic mass is 10.1. The maximum Gasteiger partial charge on any atom is 0.267 e. The average Bonchev–Trinajstić information content (AvgIpc) is 3.24. The summed E-state index contributed by atoms with van der Waals surface area (Å²) < 4.78 is 5.81. The molecule has 0 saturated carbocycles. The predicted octanol–water partition coefficient (Wildman–Crippen LogP) is 3.84. The molecule has 1 unspecified atom stereocenters. The van der Waals surface area contributed by atoms with Gasteiger partial charge in [0.1, 0.15) is 5.75 Å². The molecule has 5 rings (SSSR count). The van der Waals surface area contributed by atoms with E-state index in [0.717, 1.165) is 21.1 Å². The van der Waals surface area contributed by atoms with Gasteiger partial charge in [0, 0.05) is 23.5 Å². The van der Waals surface area contributed by atoms with Gasteiger partial charge in [-0.25, -0.2) is 4.98 Å². The van der Waals surface area contributed by atoms with Crippen LogP contribution in [0, 0.1) is 13.8 Å². The molecule has 3 heterocycles. The minimum atomic E-state index is -0.654. The first-order valence-electron chi connectivity index (χ1n) is 10.4.